The van der Waals surface area contributed by atoms with E-state index in [1.807, 2.05) is 19.1 Å². The first-order chi connectivity index (χ1) is 9.54. The molecule has 3 N–H and O–H groups in total. The lowest BCUT2D eigenvalue weighted by molar-refractivity contribution is 0.175. The van der Waals surface area contributed by atoms with E-state index in [1.54, 1.807) is 24.3 Å². The van der Waals surface area contributed by atoms with Gasteiger partial charge in [0.15, 0.2) is 0 Å². The summed E-state index contributed by atoms with van der Waals surface area (Å²) in [6.07, 6.45) is -0.761. The number of amides is 2. The topological polar surface area (TPSA) is 61.4 Å². The minimum Gasteiger partial charge on any atom is -0.387 e. The molecule has 1 atom stereocenters. The third kappa shape index (κ3) is 4.23. The van der Waals surface area contributed by atoms with E-state index >= 15 is 0 Å². The number of aryl methyl sites for hydroxylation is 1. The fourth-order valence-electron chi connectivity index (χ4n) is 1.65. The molecule has 0 radical (unpaired) electrons. The van der Waals surface area contributed by atoms with Gasteiger partial charge >= 0.3 is 6.03 Å². The average Bonchev–Trinajstić information content (AvgIpc) is 2.82. The lowest BCUT2D eigenvalue weighted by Gasteiger charge is -2.12. The molecule has 0 bridgehead atoms. The number of hydrogen-bond acceptors (Lipinski definition) is 3. The summed E-state index contributed by atoms with van der Waals surface area (Å²) in [6.45, 7) is 2.11. The van der Waals surface area contributed by atoms with Crippen LogP contribution < -0.4 is 10.6 Å². The molecule has 0 aliphatic rings. The number of carbonyl (C=O) groups excluding carboxylic acids is 1. The highest BCUT2D eigenvalue weighted by molar-refractivity contribution is 7.16. The number of benzene rings is 1. The van der Waals surface area contributed by atoms with E-state index in [-0.39, 0.29) is 12.6 Å². The molecule has 2 rings (SSSR count). The molecule has 20 heavy (non-hydrogen) atoms. The van der Waals surface area contributed by atoms with E-state index in [9.17, 15) is 9.90 Å². The van der Waals surface area contributed by atoms with Crippen molar-refractivity contribution in [3.05, 3.63) is 51.9 Å². The van der Waals surface area contributed by atoms with Gasteiger partial charge in [-0.15, -0.1) is 11.3 Å². The summed E-state index contributed by atoms with van der Waals surface area (Å²) in [7, 11) is 0. The Balaban J connectivity index is 1.82. The number of aliphatic hydroxyl groups is 1. The third-order valence-electron chi connectivity index (χ3n) is 2.69. The molecule has 6 heteroatoms. The van der Waals surface area contributed by atoms with Crippen LogP contribution in [0.1, 0.15) is 16.5 Å². The van der Waals surface area contributed by atoms with Gasteiger partial charge in [0.1, 0.15) is 0 Å². The van der Waals surface area contributed by atoms with E-state index in [0.717, 1.165) is 9.88 Å². The zero-order valence-corrected chi connectivity index (χ0v) is 12.5. The molecular formula is C14H15ClN2O2S. The number of carbonyl (C=O) groups is 1. The van der Waals surface area contributed by atoms with Gasteiger partial charge in [0.05, 0.1) is 11.1 Å². The van der Waals surface area contributed by atoms with Gasteiger partial charge in [0, 0.05) is 16.4 Å². The maximum absolute atomic E-state index is 11.7. The van der Waals surface area contributed by atoms with Gasteiger partial charge in [-0.25, -0.2) is 4.79 Å². The van der Waals surface area contributed by atoms with Crippen molar-refractivity contribution >= 4 is 34.0 Å². The first-order valence-electron chi connectivity index (χ1n) is 6.09. The number of urea groups is 1. The first-order valence-corrected chi connectivity index (χ1v) is 7.29. The highest BCUT2D eigenvalue weighted by Gasteiger charge is 2.10. The highest BCUT2D eigenvalue weighted by Crippen LogP contribution is 2.20. The van der Waals surface area contributed by atoms with Crippen LogP contribution in [0.4, 0.5) is 9.80 Å². The average molecular weight is 311 g/mol. The maximum Gasteiger partial charge on any atom is 0.319 e. The molecule has 1 aromatic heterocycles. The van der Waals surface area contributed by atoms with Crippen molar-refractivity contribution in [1.29, 1.82) is 0 Å². The highest BCUT2D eigenvalue weighted by atomic mass is 35.5. The Kier molecular flexibility index (Phi) is 5.00. The largest absolute Gasteiger partial charge is 0.387 e. The van der Waals surface area contributed by atoms with Crippen molar-refractivity contribution in [3.8, 4) is 0 Å². The van der Waals surface area contributed by atoms with Crippen molar-refractivity contribution in [3.63, 3.8) is 0 Å². The van der Waals surface area contributed by atoms with E-state index in [2.05, 4.69) is 10.6 Å². The van der Waals surface area contributed by atoms with Crippen molar-refractivity contribution in [2.24, 2.45) is 0 Å². The van der Waals surface area contributed by atoms with E-state index in [0.29, 0.717) is 10.6 Å². The Morgan fingerprint density at radius 3 is 2.60 bits per heavy atom. The second-order valence-corrected chi connectivity index (χ2v) is 6.04. The van der Waals surface area contributed by atoms with E-state index in [4.69, 9.17) is 11.6 Å². The van der Waals surface area contributed by atoms with Crippen LogP contribution >= 0.6 is 22.9 Å². The summed E-state index contributed by atoms with van der Waals surface area (Å²) in [4.78, 5) is 12.8. The number of halogens is 1. The third-order valence-corrected chi connectivity index (χ3v) is 3.86. The minimum atomic E-state index is -0.761. The van der Waals surface area contributed by atoms with Gasteiger partial charge in [-0.3, -0.25) is 5.32 Å². The Labute approximate surface area is 126 Å². The summed E-state index contributed by atoms with van der Waals surface area (Å²) >= 11 is 7.28. The van der Waals surface area contributed by atoms with Crippen LogP contribution in [0.2, 0.25) is 5.02 Å². The Bertz CT molecular complexity index is 583. The summed E-state index contributed by atoms with van der Waals surface area (Å²) in [5, 5.41) is 16.7. The smallest absolute Gasteiger partial charge is 0.319 e. The number of hydrogen-bond donors (Lipinski definition) is 3. The normalized spacial score (nSPS) is 11.9. The van der Waals surface area contributed by atoms with Crippen molar-refractivity contribution in [1.82, 2.24) is 5.32 Å². The number of thiophene rings is 1. The Morgan fingerprint density at radius 1 is 1.30 bits per heavy atom. The van der Waals surface area contributed by atoms with Gasteiger partial charge < -0.3 is 10.4 Å². The molecule has 0 saturated heterocycles. The quantitative estimate of drug-likeness (QED) is 0.808. The molecule has 106 valence electrons. The molecule has 2 amide bonds. The summed E-state index contributed by atoms with van der Waals surface area (Å²) in [5.41, 5.74) is 0.710. The Morgan fingerprint density at radius 2 is 2.00 bits per heavy atom. The van der Waals surface area contributed by atoms with Crippen LogP contribution in [-0.4, -0.2) is 17.7 Å². The fraction of sp³-hybridized carbons (Fsp3) is 0.214. The molecular weight excluding hydrogens is 296 g/mol. The van der Waals surface area contributed by atoms with Crippen LogP contribution in [0.25, 0.3) is 0 Å². The summed E-state index contributed by atoms with van der Waals surface area (Å²) in [5.74, 6) is 0. The Hall–Kier alpha value is -1.56. The van der Waals surface area contributed by atoms with E-state index in [1.165, 1.54) is 11.3 Å². The van der Waals surface area contributed by atoms with Crippen LogP contribution in [0, 0.1) is 6.92 Å². The van der Waals surface area contributed by atoms with Crippen molar-refractivity contribution in [2.75, 3.05) is 11.9 Å². The number of aliphatic hydroxyl groups excluding tert-OH is 1. The van der Waals surface area contributed by atoms with Crippen molar-refractivity contribution < 1.29 is 9.90 Å². The molecule has 1 heterocycles. The number of rotatable bonds is 4. The maximum atomic E-state index is 11.7. The molecule has 2 aromatic rings. The molecule has 0 aliphatic heterocycles. The van der Waals surface area contributed by atoms with Gasteiger partial charge in [-0.1, -0.05) is 23.7 Å². The minimum absolute atomic E-state index is 0.137. The zero-order valence-electron chi connectivity index (χ0n) is 10.9. The number of anilines is 1. The molecule has 1 aromatic carbocycles. The molecule has 0 fully saturated rings. The molecule has 0 aliphatic carbocycles. The number of nitrogens with one attached hydrogen (secondary N) is 2. The molecule has 4 nitrogen and oxygen atoms in total. The zero-order chi connectivity index (χ0) is 14.5. The summed E-state index contributed by atoms with van der Waals surface area (Å²) < 4.78 is 0. The van der Waals surface area contributed by atoms with Crippen LogP contribution in [0.15, 0.2) is 36.4 Å². The predicted molar refractivity (Wildman–Crippen MR) is 82.5 cm³/mol. The van der Waals surface area contributed by atoms with Gasteiger partial charge in [0.25, 0.3) is 0 Å². The second kappa shape index (κ2) is 6.74. The molecule has 0 spiro atoms. The molecule has 1 unspecified atom stereocenters. The predicted octanol–water partition coefficient (Wildman–Crippen LogP) is 3.57. The van der Waals surface area contributed by atoms with Gasteiger partial charge in [-0.2, -0.15) is 0 Å². The van der Waals surface area contributed by atoms with E-state index < -0.39 is 6.10 Å². The monoisotopic (exact) mass is 310 g/mol. The molecule has 0 saturated carbocycles. The van der Waals surface area contributed by atoms with Crippen LogP contribution in [0.5, 0.6) is 0 Å². The van der Waals surface area contributed by atoms with Gasteiger partial charge in [0.2, 0.25) is 0 Å². The lowest BCUT2D eigenvalue weighted by Crippen LogP contribution is -2.32. The lowest BCUT2D eigenvalue weighted by atomic mass is 10.1. The second-order valence-electron chi connectivity index (χ2n) is 4.31. The SMILES string of the molecule is Cc1ccc(NC(=O)NCC(O)c2ccc(Cl)cc2)s1. The van der Waals surface area contributed by atoms with Crippen LogP contribution in [-0.2, 0) is 0 Å². The van der Waals surface area contributed by atoms with Crippen molar-refractivity contribution in [2.45, 2.75) is 13.0 Å². The van der Waals surface area contributed by atoms with Crippen LogP contribution in [0.3, 0.4) is 0 Å². The first kappa shape index (κ1) is 14.8. The fourth-order valence-corrected chi connectivity index (χ4v) is 2.54. The van der Waals surface area contributed by atoms with Gasteiger partial charge in [-0.05, 0) is 36.8 Å². The standard InChI is InChI=1S/C14H15ClN2O2S/c1-9-2-7-13(20-9)17-14(19)16-8-12(18)10-3-5-11(15)6-4-10/h2-7,12,18H,8H2,1H3,(H2,16,17,19). The summed E-state index contributed by atoms with van der Waals surface area (Å²) in [6, 6.07) is 10.3.